The molecule has 1 aliphatic rings. The first-order valence-corrected chi connectivity index (χ1v) is 6.46. The lowest BCUT2D eigenvalue weighted by Crippen LogP contribution is -2.38. The molecule has 0 fully saturated rings. The Balaban J connectivity index is 2.23. The Hall–Kier alpha value is -1.56. The molecule has 0 unspecified atom stereocenters. The van der Waals surface area contributed by atoms with Gasteiger partial charge in [0.2, 0.25) is 0 Å². The topological polar surface area (TPSA) is 46.2 Å². The Morgan fingerprint density at radius 1 is 1.35 bits per heavy atom. The second-order valence-electron chi connectivity index (χ2n) is 4.53. The highest BCUT2D eigenvalue weighted by atomic mass is 35.5. The molecule has 3 nitrogen and oxygen atoms in total. The molecule has 2 rings (SSSR count). The van der Waals surface area contributed by atoms with Crippen LogP contribution in [0.3, 0.4) is 0 Å². The number of aryl methyl sites for hydroxylation is 1. The molecule has 1 amide bonds. The SMILES string of the molecule is O=C(CCl)c1ccc2c(c1)[C@H](NC(=O)C(F)(F)F)CC2. The van der Waals surface area contributed by atoms with Crippen LogP contribution >= 0.6 is 11.6 Å². The molecule has 0 saturated carbocycles. The molecule has 1 N–H and O–H groups in total. The smallest absolute Gasteiger partial charge is 0.341 e. The summed E-state index contributed by atoms with van der Waals surface area (Å²) in [6.45, 7) is 0. The van der Waals surface area contributed by atoms with E-state index < -0.39 is 18.1 Å². The summed E-state index contributed by atoms with van der Waals surface area (Å²) in [6, 6.07) is 4.07. The molecule has 1 atom stereocenters. The van der Waals surface area contributed by atoms with E-state index in [1.807, 2.05) is 5.32 Å². The molecule has 1 aliphatic carbocycles. The first-order valence-electron chi connectivity index (χ1n) is 5.92. The van der Waals surface area contributed by atoms with E-state index in [-0.39, 0.29) is 11.7 Å². The van der Waals surface area contributed by atoms with Crippen molar-refractivity contribution in [2.24, 2.45) is 0 Å². The van der Waals surface area contributed by atoms with Crippen LogP contribution in [-0.2, 0) is 11.2 Å². The summed E-state index contributed by atoms with van der Waals surface area (Å²) >= 11 is 5.45. The molecule has 20 heavy (non-hydrogen) atoms. The zero-order valence-corrected chi connectivity index (χ0v) is 11.0. The van der Waals surface area contributed by atoms with Gasteiger partial charge in [-0.05, 0) is 30.0 Å². The van der Waals surface area contributed by atoms with Gasteiger partial charge in [-0.1, -0.05) is 12.1 Å². The minimum atomic E-state index is -4.91. The summed E-state index contributed by atoms with van der Waals surface area (Å²) < 4.78 is 36.8. The van der Waals surface area contributed by atoms with Gasteiger partial charge in [0.25, 0.3) is 0 Å². The van der Waals surface area contributed by atoms with Gasteiger partial charge in [0, 0.05) is 5.56 Å². The van der Waals surface area contributed by atoms with Crippen molar-refractivity contribution in [3.05, 3.63) is 34.9 Å². The highest BCUT2D eigenvalue weighted by molar-refractivity contribution is 6.30. The van der Waals surface area contributed by atoms with Crippen molar-refractivity contribution in [2.45, 2.75) is 25.1 Å². The lowest BCUT2D eigenvalue weighted by Gasteiger charge is -2.16. The number of carbonyl (C=O) groups excluding carboxylic acids is 2. The van der Waals surface area contributed by atoms with Gasteiger partial charge in [-0.2, -0.15) is 13.2 Å². The van der Waals surface area contributed by atoms with Gasteiger partial charge in [-0.25, -0.2) is 0 Å². The average Bonchev–Trinajstić information content (AvgIpc) is 2.79. The summed E-state index contributed by atoms with van der Waals surface area (Å²) in [7, 11) is 0. The van der Waals surface area contributed by atoms with Crippen LogP contribution in [0.5, 0.6) is 0 Å². The van der Waals surface area contributed by atoms with E-state index in [2.05, 4.69) is 0 Å². The van der Waals surface area contributed by atoms with Crippen molar-refractivity contribution in [3.8, 4) is 0 Å². The molecule has 0 heterocycles. The number of ketones is 1. The van der Waals surface area contributed by atoms with Crippen LogP contribution in [0.4, 0.5) is 13.2 Å². The van der Waals surface area contributed by atoms with Crippen molar-refractivity contribution in [2.75, 3.05) is 5.88 Å². The number of halogens is 4. The number of amides is 1. The first kappa shape index (κ1) is 14.8. The summed E-state index contributed by atoms with van der Waals surface area (Å²) in [5, 5.41) is 1.95. The normalized spacial score (nSPS) is 17.7. The van der Waals surface area contributed by atoms with Crippen LogP contribution in [0.2, 0.25) is 0 Å². The van der Waals surface area contributed by atoms with Gasteiger partial charge in [-0.3, -0.25) is 9.59 Å². The van der Waals surface area contributed by atoms with Crippen molar-refractivity contribution in [3.63, 3.8) is 0 Å². The second kappa shape index (κ2) is 5.44. The highest BCUT2D eigenvalue weighted by Crippen LogP contribution is 2.33. The molecule has 108 valence electrons. The zero-order chi connectivity index (χ0) is 14.9. The number of hydrogen-bond acceptors (Lipinski definition) is 2. The van der Waals surface area contributed by atoms with E-state index in [1.54, 1.807) is 12.1 Å². The van der Waals surface area contributed by atoms with Crippen molar-refractivity contribution in [1.82, 2.24) is 5.32 Å². The van der Waals surface area contributed by atoms with Crippen LogP contribution in [0, 0.1) is 0 Å². The second-order valence-corrected chi connectivity index (χ2v) is 4.80. The van der Waals surface area contributed by atoms with Crippen LogP contribution in [0.15, 0.2) is 18.2 Å². The van der Waals surface area contributed by atoms with Gasteiger partial charge in [-0.15, -0.1) is 11.6 Å². The number of fused-ring (bicyclic) bond motifs is 1. The van der Waals surface area contributed by atoms with Crippen molar-refractivity contribution >= 4 is 23.3 Å². The number of Topliss-reactive ketones (excluding diaryl/α,β-unsaturated/α-hetero) is 1. The van der Waals surface area contributed by atoms with Crippen LogP contribution in [-0.4, -0.2) is 23.7 Å². The minimum Gasteiger partial charge on any atom is -0.341 e. The molecule has 0 bridgehead atoms. The van der Waals surface area contributed by atoms with Crippen LogP contribution in [0.1, 0.15) is 33.9 Å². The highest BCUT2D eigenvalue weighted by Gasteiger charge is 2.40. The Morgan fingerprint density at radius 3 is 2.65 bits per heavy atom. The third kappa shape index (κ3) is 2.95. The number of benzene rings is 1. The summed E-state index contributed by atoms with van der Waals surface area (Å²) in [4.78, 5) is 22.5. The number of alkyl halides is 4. The van der Waals surface area contributed by atoms with Crippen LogP contribution in [0.25, 0.3) is 0 Å². The van der Waals surface area contributed by atoms with Gasteiger partial charge >= 0.3 is 12.1 Å². The number of rotatable bonds is 3. The predicted octanol–water partition coefficient (Wildman–Crippen LogP) is 2.77. The minimum absolute atomic E-state index is 0.196. The Kier molecular flexibility index (Phi) is 4.04. The maximum absolute atomic E-state index is 12.3. The van der Waals surface area contributed by atoms with Gasteiger partial charge in [0.05, 0.1) is 11.9 Å². The monoisotopic (exact) mass is 305 g/mol. The first-order chi connectivity index (χ1) is 9.32. The van der Waals surface area contributed by atoms with E-state index in [4.69, 9.17) is 11.6 Å². The maximum atomic E-state index is 12.3. The standard InChI is InChI=1S/C13H11ClF3NO2/c14-6-11(19)8-2-1-7-3-4-10(9(7)5-8)18-12(20)13(15,16)17/h1-2,5,10H,3-4,6H2,(H,18,20)/t10-/m1/s1. The predicted molar refractivity (Wildman–Crippen MR) is 66.8 cm³/mol. The fourth-order valence-electron chi connectivity index (χ4n) is 2.24. The summed E-state index contributed by atoms with van der Waals surface area (Å²) in [6.07, 6.45) is -3.96. The molecule has 0 aromatic heterocycles. The van der Waals surface area contributed by atoms with Gasteiger partial charge in [0.15, 0.2) is 5.78 Å². The lowest BCUT2D eigenvalue weighted by atomic mass is 10.0. The van der Waals surface area contributed by atoms with E-state index in [1.165, 1.54) is 6.07 Å². The van der Waals surface area contributed by atoms with E-state index >= 15 is 0 Å². The number of carbonyl (C=O) groups is 2. The van der Waals surface area contributed by atoms with Crippen LogP contribution < -0.4 is 5.32 Å². The average molecular weight is 306 g/mol. The van der Waals surface area contributed by atoms with Gasteiger partial charge < -0.3 is 5.32 Å². The molecular formula is C13H11ClF3NO2. The van der Waals surface area contributed by atoms with Crippen molar-refractivity contribution < 1.29 is 22.8 Å². The zero-order valence-electron chi connectivity index (χ0n) is 10.3. The van der Waals surface area contributed by atoms with Gasteiger partial charge in [0.1, 0.15) is 0 Å². The third-order valence-corrected chi connectivity index (χ3v) is 3.47. The molecule has 0 radical (unpaired) electrons. The molecular weight excluding hydrogens is 295 g/mol. The lowest BCUT2D eigenvalue weighted by molar-refractivity contribution is -0.174. The molecule has 0 saturated heterocycles. The summed E-state index contributed by atoms with van der Waals surface area (Å²) in [5.41, 5.74) is 1.73. The molecule has 1 aromatic carbocycles. The van der Waals surface area contributed by atoms with E-state index in [0.29, 0.717) is 24.0 Å². The Morgan fingerprint density at radius 2 is 2.05 bits per heavy atom. The third-order valence-electron chi connectivity index (χ3n) is 3.23. The molecule has 0 spiro atoms. The molecule has 7 heteroatoms. The quantitative estimate of drug-likeness (QED) is 0.689. The fraction of sp³-hybridized carbons (Fsp3) is 0.385. The Bertz CT molecular complexity index is 557. The van der Waals surface area contributed by atoms with Crippen molar-refractivity contribution in [1.29, 1.82) is 0 Å². The number of nitrogens with one attached hydrogen (secondary N) is 1. The summed E-state index contributed by atoms with van der Waals surface area (Å²) in [5.74, 6) is -2.47. The largest absolute Gasteiger partial charge is 0.471 e. The maximum Gasteiger partial charge on any atom is 0.471 e. The molecule has 1 aromatic rings. The number of hydrogen-bond donors (Lipinski definition) is 1. The molecule has 0 aliphatic heterocycles. The fourth-order valence-corrected chi connectivity index (χ4v) is 2.40. The van der Waals surface area contributed by atoms with E-state index in [9.17, 15) is 22.8 Å². The Labute approximate surface area is 118 Å². The van der Waals surface area contributed by atoms with E-state index in [0.717, 1.165) is 5.56 Å².